The first-order valence-corrected chi connectivity index (χ1v) is 13.7. The van der Waals surface area contributed by atoms with Crippen LogP contribution in [0.3, 0.4) is 0 Å². The molecular formula is C29H36ClN3S. The predicted molar refractivity (Wildman–Crippen MR) is 149 cm³/mol. The van der Waals surface area contributed by atoms with Crippen LogP contribution in [-0.4, -0.2) is 34.9 Å². The molecule has 1 aliphatic carbocycles. The second-order valence-corrected chi connectivity index (χ2v) is 11.3. The van der Waals surface area contributed by atoms with E-state index in [9.17, 15) is 0 Å². The summed E-state index contributed by atoms with van der Waals surface area (Å²) >= 11 is 13.2. The lowest BCUT2D eigenvalue weighted by Crippen LogP contribution is -2.52. The number of hydrogen-bond acceptors (Lipinski definition) is 3. The van der Waals surface area contributed by atoms with Crippen molar-refractivity contribution in [1.82, 2.24) is 4.90 Å². The predicted octanol–water partition coefficient (Wildman–Crippen LogP) is 7.95. The highest BCUT2D eigenvalue weighted by atomic mass is 35.5. The summed E-state index contributed by atoms with van der Waals surface area (Å²) in [6.45, 7) is 8.76. The highest BCUT2D eigenvalue weighted by Crippen LogP contribution is 2.51. The number of hydrogen-bond donors (Lipinski definition) is 0. The molecule has 180 valence electrons. The normalized spacial score (nSPS) is 24.4. The summed E-state index contributed by atoms with van der Waals surface area (Å²) in [5.41, 5.74) is 5.72. The zero-order chi connectivity index (χ0) is 23.9. The summed E-state index contributed by atoms with van der Waals surface area (Å²) in [7, 11) is 0. The number of nitrogens with zero attached hydrogens (tertiary/aromatic N) is 3. The van der Waals surface area contributed by atoms with Crippen molar-refractivity contribution in [3.05, 3.63) is 58.1 Å². The van der Waals surface area contributed by atoms with Crippen molar-refractivity contribution in [1.29, 1.82) is 0 Å². The van der Waals surface area contributed by atoms with E-state index in [0.717, 1.165) is 53.2 Å². The molecule has 0 aromatic heterocycles. The topological polar surface area (TPSA) is 18.8 Å². The minimum absolute atomic E-state index is 0.0462. The van der Waals surface area contributed by atoms with Crippen LogP contribution in [0.15, 0.2) is 41.4 Å². The van der Waals surface area contributed by atoms with Gasteiger partial charge in [-0.3, -0.25) is 9.80 Å². The van der Waals surface area contributed by atoms with Gasteiger partial charge in [-0.25, -0.2) is 4.99 Å². The Balaban J connectivity index is 1.75. The van der Waals surface area contributed by atoms with E-state index in [4.69, 9.17) is 28.8 Å². The summed E-state index contributed by atoms with van der Waals surface area (Å²) in [5, 5.41) is 0.736. The van der Waals surface area contributed by atoms with Crippen LogP contribution in [0, 0.1) is 26.2 Å². The fourth-order valence-electron chi connectivity index (χ4n) is 6.61. The van der Waals surface area contributed by atoms with Crippen molar-refractivity contribution in [3.63, 3.8) is 0 Å². The van der Waals surface area contributed by atoms with Gasteiger partial charge in [0.05, 0.1) is 27.4 Å². The summed E-state index contributed by atoms with van der Waals surface area (Å²) in [6, 6.07) is 12.8. The zero-order valence-electron chi connectivity index (χ0n) is 20.7. The molecule has 3 fully saturated rings. The molecule has 0 amide bonds. The average Bonchev–Trinajstić information content (AvgIpc) is 3.05. The summed E-state index contributed by atoms with van der Waals surface area (Å²) in [6.07, 6.45) is 9.86. The van der Waals surface area contributed by atoms with Gasteiger partial charge < -0.3 is 0 Å². The van der Waals surface area contributed by atoms with Crippen molar-refractivity contribution in [2.75, 3.05) is 18.0 Å². The maximum atomic E-state index is 6.81. The first-order chi connectivity index (χ1) is 16.4. The third kappa shape index (κ3) is 4.12. The molecule has 0 N–H and O–H groups in total. The van der Waals surface area contributed by atoms with Gasteiger partial charge in [-0.15, -0.1) is 0 Å². The number of likely N-dealkylation sites (tertiary alicyclic amines) is 1. The summed E-state index contributed by atoms with van der Waals surface area (Å²) in [4.78, 5) is 11.5. The lowest BCUT2D eigenvalue weighted by atomic mass is 9.69. The quantitative estimate of drug-likeness (QED) is 0.404. The Morgan fingerprint density at radius 1 is 0.912 bits per heavy atom. The van der Waals surface area contributed by atoms with Gasteiger partial charge in [0.15, 0.2) is 0 Å². The number of anilines is 1. The van der Waals surface area contributed by atoms with Crippen LogP contribution < -0.4 is 4.90 Å². The number of thiocarbonyl (C=S) groups is 1. The molecule has 3 nitrogen and oxygen atoms in total. The first kappa shape index (κ1) is 24.0. The largest absolute Gasteiger partial charge is 0.293 e. The van der Waals surface area contributed by atoms with Crippen LogP contribution >= 0.6 is 23.8 Å². The molecule has 0 unspecified atom stereocenters. The molecule has 2 aromatic carbocycles. The van der Waals surface area contributed by atoms with Gasteiger partial charge in [-0.1, -0.05) is 79.3 Å². The van der Waals surface area contributed by atoms with Crippen molar-refractivity contribution in [2.45, 2.75) is 78.2 Å². The van der Waals surface area contributed by atoms with Crippen LogP contribution in [0.2, 0.25) is 5.02 Å². The smallest absolute Gasteiger partial charge is 0.133 e. The van der Waals surface area contributed by atoms with Gasteiger partial charge in [0, 0.05) is 5.41 Å². The second kappa shape index (κ2) is 9.72. The van der Waals surface area contributed by atoms with Crippen LogP contribution in [-0.2, 0) is 0 Å². The van der Waals surface area contributed by atoms with E-state index in [0.29, 0.717) is 0 Å². The van der Waals surface area contributed by atoms with Crippen molar-refractivity contribution >= 4 is 46.0 Å². The number of amidine groups is 1. The minimum Gasteiger partial charge on any atom is -0.293 e. The molecule has 2 heterocycles. The van der Waals surface area contributed by atoms with Gasteiger partial charge in [0.1, 0.15) is 5.84 Å². The summed E-state index contributed by atoms with van der Waals surface area (Å²) < 4.78 is 0. The Morgan fingerprint density at radius 2 is 1.53 bits per heavy atom. The number of aryl methyl sites for hydroxylation is 3. The molecule has 1 spiro atoms. The Morgan fingerprint density at radius 3 is 2.18 bits per heavy atom. The van der Waals surface area contributed by atoms with E-state index in [-0.39, 0.29) is 11.5 Å². The second-order valence-electron chi connectivity index (χ2n) is 10.5. The van der Waals surface area contributed by atoms with E-state index < -0.39 is 0 Å². The first-order valence-electron chi connectivity index (χ1n) is 12.9. The number of piperidine rings is 1. The highest BCUT2D eigenvalue weighted by molar-refractivity contribution is 7.80. The van der Waals surface area contributed by atoms with Gasteiger partial charge in [-0.05, 0) is 82.8 Å². The van der Waals surface area contributed by atoms with Crippen LogP contribution in [0.4, 0.5) is 11.4 Å². The van der Waals surface area contributed by atoms with Crippen LogP contribution in [0.25, 0.3) is 0 Å². The molecule has 1 atom stereocenters. The maximum absolute atomic E-state index is 6.81. The number of aliphatic imine (C=N–C) groups is 1. The van der Waals surface area contributed by atoms with Gasteiger partial charge >= 0.3 is 0 Å². The Labute approximate surface area is 215 Å². The molecule has 2 aromatic rings. The van der Waals surface area contributed by atoms with Crippen LogP contribution in [0.5, 0.6) is 0 Å². The number of rotatable bonds is 3. The van der Waals surface area contributed by atoms with E-state index in [1.165, 1.54) is 55.2 Å². The van der Waals surface area contributed by atoms with Crippen LogP contribution in [0.1, 0.15) is 68.1 Å². The molecule has 5 rings (SSSR count). The monoisotopic (exact) mass is 493 g/mol. The number of halogens is 1. The molecule has 1 saturated carbocycles. The highest BCUT2D eigenvalue weighted by Gasteiger charge is 2.57. The molecule has 0 radical (unpaired) electrons. The molecule has 2 saturated heterocycles. The fraction of sp³-hybridized carbons (Fsp3) is 0.517. The number of para-hydroxylation sites is 1. The third-order valence-corrected chi connectivity index (χ3v) is 8.99. The zero-order valence-corrected chi connectivity index (χ0v) is 22.3. The van der Waals surface area contributed by atoms with E-state index in [2.05, 4.69) is 54.8 Å². The maximum Gasteiger partial charge on any atom is 0.133 e. The van der Waals surface area contributed by atoms with Crippen molar-refractivity contribution in [3.8, 4) is 0 Å². The van der Waals surface area contributed by atoms with Crippen molar-refractivity contribution in [2.24, 2.45) is 10.4 Å². The molecular weight excluding hydrogens is 458 g/mol. The molecule has 34 heavy (non-hydrogen) atoms. The van der Waals surface area contributed by atoms with Gasteiger partial charge in [-0.2, -0.15) is 0 Å². The van der Waals surface area contributed by atoms with E-state index in [1.807, 2.05) is 12.1 Å². The molecule has 2 aliphatic heterocycles. The Hall–Kier alpha value is -1.75. The van der Waals surface area contributed by atoms with E-state index in [1.54, 1.807) is 0 Å². The summed E-state index contributed by atoms with van der Waals surface area (Å²) in [5.74, 6) is 1.08. The lowest BCUT2D eigenvalue weighted by molar-refractivity contribution is 0.113. The average molecular weight is 494 g/mol. The Bertz CT molecular complexity index is 1090. The molecule has 5 heteroatoms. The minimum atomic E-state index is -0.0462. The van der Waals surface area contributed by atoms with Gasteiger partial charge in [0.25, 0.3) is 0 Å². The lowest BCUT2D eigenvalue weighted by Gasteiger charge is -2.44. The van der Waals surface area contributed by atoms with E-state index >= 15 is 0 Å². The third-order valence-electron chi connectivity index (χ3n) is 8.08. The molecule has 3 aliphatic rings. The van der Waals surface area contributed by atoms with Crippen molar-refractivity contribution < 1.29 is 0 Å². The number of benzene rings is 2. The molecule has 0 bridgehead atoms. The Kier molecular flexibility index (Phi) is 6.85. The van der Waals surface area contributed by atoms with Gasteiger partial charge in [0.2, 0.25) is 0 Å². The fourth-order valence-corrected chi connectivity index (χ4v) is 7.34. The standard InChI is InChI=1S/C29H36ClN3S/c1-20-18-21(2)25(22(3)19-20)31-27-26(32-16-10-5-11-17-32)29(14-8-4-9-15-29)28(34)33(27)24-13-7-6-12-23(24)30/h6-7,12-13,18-19,26H,4-5,8-11,14-17H2,1-3H3/t26-/m1/s1. The SMILES string of the molecule is Cc1cc(C)c(N=C2[C@@H](N3CCCCC3)C3(CCCCC3)C(=S)N2c2ccccc2Cl)c(C)c1.